The lowest BCUT2D eigenvalue weighted by molar-refractivity contribution is -0.137. The molecule has 0 saturated heterocycles. The fraction of sp³-hybridized carbons (Fsp3) is 0.167. The van der Waals surface area contributed by atoms with Gasteiger partial charge in [0.2, 0.25) is 0 Å². The van der Waals surface area contributed by atoms with Crippen LogP contribution in [0.4, 0.5) is 0 Å². The number of benzene rings is 6. The molecule has 0 spiro atoms. The summed E-state index contributed by atoms with van der Waals surface area (Å²) in [6.45, 7) is 4.99. The van der Waals surface area contributed by atoms with Gasteiger partial charge in [0.05, 0.1) is 25.1 Å². The number of hydrogen-bond acceptors (Lipinski definition) is 9. The molecular formula is C48H39NO11. The number of ether oxygens (including phenoxy) is 3. The molecule has 12 heteroatoms. The Balaban J connectivity index is 0.912. The molecule has 3 aliphatic rings. The van der Waals surface area contributed by atoms with Crippen molar-refractivity contribution in [3.05, 3.63) is 153 Å². The number of amides is 1. The molecule has 1 amide bonds. The molecule has 0 unspecified atom stereocenters. The summed E-state index contributed by atoms with van der Waals surface area (Å²) in [4.78, 5) is 49.2. The average molecular weight is 806 g/mol. The molecular weight excluding hydrogens is 767 g/mol. The third-order valence-electron chi connectivity index (χ3n) is 10.5. The predicted octanol–water partition coefficient (Wildman–Crippen LogP) is 8.59. The number of carbonyl (C=O) groups excluding carboxylic acids is 1. The monoisotopic (exact) mass is 805 g/mol. The van der Waals surface area contributed by atoms with Crippen molar-refractivity contribution in [1.82, 2.24) is 5.32 Å². The molecule has 5 aromatic rings. The first kappa shape index (κ1) is 39.2. The normalized spacial score (nSPS) is 13.1. The van der Waals surface area contributed by atoms with Crippen LogP contribution in [0.15, 0.2) is 118 Å². The smallest absolute Gasteiger partial charge is 0.336 e. The van der Waals surface area contributed by atoms with Gasteiger partial charge in [0.15, 0.2) is 5.43 Å². The highest BCUT2D eigenvalue weighted by Crippen LogP contribution is 2.42. The van der Waals surface area contributed by atoms with Crippen molar-refractivity contribution in [1.29, 1.82) is 0 Å². The number of aliphatic carboxylic acids is 1. The highest BCUT2D eigenvalue weighted by Gasteiger charge is 2.27. The number of nitrogens with one attached hydrogen (secondary N) is 1. The lowest BCUT2D eigenvalue weighted by Crippen LogP contribution is -2.28. The Bertz CT molecular complexity index is 2840. The number of fused-ring (bicyclic) bond motifs is 3. The first-order valence-corrected chi connectivity index (χ1v) is 19.2. The van der Waals surface area contributed by atoms with Gasteiger partial charge in [-0.2, -0.15) is 0 Å². The van der Waals surface area contributed by atoms with E-state index in [2.05, 4.69) is 11.4 Å². The summed E-state index contributed by atoms with van der Waals surface area (Å²) in [5.74, 6) is -0.669. The zero-order valence-corrected chi connectivity index (χ0v) is 32.6. The van der Waals surface area contributed by atoms with E-state index in [4.69, 9.17) is 18.6 Å². The van der Waals surface area contributed by atoms with E-state index in [0.29, 0.717) is 52.5 Å². The van der Waals surface area contributed by atoms with Crippen molar-refractivity contribution in [2.24, 2.45) is 0 Å². The number of phenolic OH excluding ortho intramolecular Hbond substituents is 1. The van der Waals surface area contributed by atoms with Crippen LogP contribution in [-0.4, -0.2) is 52.9 Å². The van der Waals surface area contributed by atoms with Gasteiger partial charge < -0.3 is 39.3 Å². The van der Waals surface area contributed by atoms with Crippen molar-refractivity contribution in [2.45, 2.75) is 32.8 Å². The number of carboxylic acids is 2. The van der Waals surface area contributed by atoms with Crippen molar-refractivity contribution < 1.29 is 48.3 Å². The molecule has 1 atom stereocenters. The maximum atomic E-state index is 13.3. The largest absolute Gasteiger partial charge is 0.508 e. The molecule has 0 bridgehead atoms. The van der Waals surface area contributed by atoms with Gasteiger partial charge in [0.25, 0.3) is 5.91 Å². The van der Waals surface area contributed by atoms with E-state index < -0.39 is 17.8 Å². The molecule has 5 aromatic carbocycles. The minimum Gasteiger partial charge on any atom is -0.508 e. The van der Waals surface area contributed by atoms with E-state index in [9.17, 15) is 34.5 Å². The number of rotatable bonds is 13. The highest BCUT2D eigenvalue weighted by molar-refractivity contribution is 6.09. The Morgan fingerprint density at radius 2 is 1.60 bits per heavy atom. The van der Waals surface area contributed by atoms with Crippen LogP contribution in [0, 0.1) is 13.8 Å². The van der Waals surface area contributed by atoms with Gasteiger partial charge in [-0.3, -0.25) is 14.4 Å². The molecule has 1 aliphatic carbocycles. The second kappa shape index (κ2) is 16.3. The molecule has 4 N–H and O–H groups in total. The molecule has 0 fully saturated rings. The maximum absolute atomic E-state index is 13.3. The summed E-state index contributed by atoms with van der Waals surface area (Å²) in [5.41, 5.74) is 7.20. The number of aromatic carboxylic acids is 1. The summed E-state index contributed by atoms with van der Waals surface area (Å²) >= 11 is 0. The van der Waals surface area contributed by atoms with Gasteiger partial charge in [-0.25, -0.2) is 4.79 Å². The number of hydrogen-bond donors (Lipinski definition) is 4. The van der Waals surface area contributed by atoms with E-state index in [0.717, 1.165) is 33.4 Å². The average Bonchev–Trinajstić information content (AvgIpc) is 3.61. The number of phenols is 1. The molecule has 2 aliphatic heterocycles. The van der Waals surface area contributed by atoms with Crippen LogP contribution in [0.2, 0.25) is 0 Å². The number of aromatic hydroxyl groups is 1. The second-order valence-electron chi connectivity index (χ2n) is 14.7. The number of carboxylic acid groups (broad SMARTS) is 2. The number of carbonyl (C=O) groups is 3. The Morgan fingerprint density at radius 1 is 0.800 bits per heavy atom. The van der Waals surface area contributed by atoms with Crippen LogP contribution in [0.5, 0.6) is 23.0 Å². The maximum Gasteiger partial charge on any atom is 0.336 e. The van der Waals surface area contributed by atoms with Crippen molar-refractivity contribution in [2.75, 3.05) is 19.8 Å². The summed E-state index contributed by atoms with van der Waals surface area (Å²) in [7, 11) is 0. The van der Waals surface area contributed by atoms with E-state index in [1.54, 1.807) is 24.3 Å². The zero-order chi connectivity index (χ0) is 42.1. The Morgan fingerprint density at radius 3 is 2.38 bits per heavy atom. The van der Waals surface area contributed by atoms with E-state index in [-0.39, 0.29) is 59.1 Å². The number of aryl methyl sites for hydroxylation is 2. The lowest BCUT2D eigenvalue weighted by atomic mass is 9.90. The first-order chi connectivity index (χ1) is 28.9. The van der Waals surface area contributed by atoms with Crippen LogP contribution in [-0.2, 0) is 11.4 Å². The molecule has 0 radical (unpaired) electrons. The minimum absolute atomic E-state index is 0.0202. The molecule has 8 rings (SSSR count). The fourth-order valence-electron chi connectivity index (χ4n) is 7.84. The fourth-order valence-corrected chi connectivity index (χ4v) is 7.84. The molecule has 0 saturated carbocycles. The van der Waals surface area contributed by atoms with E-state index in [1.807, 2.05) is 56.3 Å². The van der Waals surface area contributed by atoms with E-state index in [1.165, 1.54) is 36.4 Å². The first-order valence-electron chi connectivity index (χ1n) is 19.2. The summed E-state index contributed by atoms with van der Waals surface area (Å²) in [6.07, 6.45) is 0.0202. The van der Waals surface area contributed by atoms with Crippen molar-refractivity contribution >= 4 is 28.8 Å². The third kappa shape index (κ3) is 8.08. The second-order valence-corrected chi connectivity index (χ2v) is 14.7. The molecule has 12 nitrogen and oxygen atoms in total. The minimum atomic E-state index is -1.25. The third-order valence-corrected chi connectivity index (χ3v) is 10.5. The van der Waals surface area contributed by atoms with Crippen LogP contribution >= 0.6 is 0 Å². The molecule has 0 aromatic heterocycles. The van der Waals surface area contributed by atoms with Crippen LogP contribution in [0.3, 0.4) is 0 Å². The zero-order valence-electron chi connectivity index (χ0n) is 32.6. The van der Waals surface area contributed by atoms with Crippen LogP contribution < -0.4 is 25.0 Å². The summed E-state index contributed by atoms with van der Waals surface area (Å²) < 4.78 is 23.7. The molecule has 2 heterocycles. The SMILES string of the molecule is Cc1cc(OCCNC(=O)c2ccc(-c3c4ccc(=O)cc-4oc4cc(O)ccc34)c(C(=O)O)c2)cc(C)c1-c1cccc(COc2ccc3c(c2)OC[C@H]3CC(=O)O)c1. The van der Waals surface area contributed by atoms with Gasteiger partial charge in [0.1, 0.15) is 47.6 Å². The van der Waals surface area contributed by atoms with Gasteiger partial charge in [0, 0.05) is 51.8 Å². The topological polar surface area (TPSA) is 182 Å². The predicted molar refractivity (Wildman–Crippen MR) is 224 cm³/mol. The Hall–Kier alpha value is -7.60. The van der Waals surface area contributed by atoms with Crippen molar-refractivity contribution in [3.63, 3.8) is 0 Å². The highest BCUT2D eigenvalue weighted by atomic mass is 16.5. The van der Waals surface area contributed by atoms with Crippen LogP contribution in [0.25, 0.3) is 44.5 Å². The summed E-state index contributed by atoms with van der Waals surface area (Å²) in [6, 6.07) is 30.6. The quantitative estimate of drug-likeness (QED) is 0.0647. The van der Waals surface area contributed by atoms with Crippen LogP contribution in [0.1, 0.15) is 55.3 Å². The van der Waals surface area contributed by atoms with Gasteiger partial charge >= 0.3 is 11.9 Å². The lowest BCUT2D eigenvalue weighted by Gasteiger charge is -2.17. The molecule has 60 heavy (non-hydrogen) atoms. The standard InChI is InChI=1S/C48H39NO11/c1-26-16-35(17-27(2)45(26)29-5-3-4-28(18-29)24-58-34-9-13-36-31(20-44(52)53)25-59-41(36)23-34)57-15-14-49-47(54)30-6-10-37(40(19-30)48(55)56)46-38-11-7-32(50)21-42(38)60-43-22-33(51)8-12-39(43)46/h3-13,16-19,21-23,31,50H,14-15,20,24-25H2,1-2H3,(H,49,54)(H,52,53)(H,55,56)/t31-/m1/s1. The Labute approximate surface area is 343 Å². The van der Waals surface area contributed by atoms with Gasteiger partial charge in [-0.15, -0.1) is 0 Å². The summed E-state index contributed by atoms with van der Waals surface area (Å²) in [5, 5.41) is 32.9. The molecule has 302 valence electrons. The van der Waals surface area contributed by atoms with Crippen molar-refractivity contribution in [3.8, 4) is 56.6 Å². The Kier molecular flexibility index (Phi) is 10.7. The van der Waals surface area contributed by atoms with Gasteiger partial charge in [-0.1, -0.05) is 30.3 Å². The van der Waals surface area contributed by atoms with E-state index >= 15 is 0 Å². The van der Waals surface area contributed by atoms with Gasteiger partial charge in [-0.05, 0) is 108 Å².